The summed E-state index contributed by atoms with van der Waals surface area (Å²) in [5.74, 6) is 0. The lowest BCUT2D eigenvalue weighted by Gasteiger charge is -2.22. The molecule has 0 aliphatic heterocycles. The highest BCUT2D eigenvalue weighted by Crippen LogP contribution is 2.53. The average Bonchev–Trinajstić information content (AvgIpc) is 3.87. The summed E-state index contributed by atoms with van der Waals surface area (Å²) < 4.78 is 4.86. The molecule has 0 spiro atoms. The molecular formula is C57H38N2. The van der Waals surface area contributed by atoms with Crippen LogP contribution in [0.4, 0.5) is 0 Å². The summed E-state index contributed by atoms with van der Waals surface area (Å²) in [6.07, 6.45) is 0. The van der Waals surface area contributed by atoms with Crippen LogP contribution in [0.15, 0.2) is 194 Å². The summed E-state index contributed by atoms with van der Waals surface area (Å²) in [5.41, 5.74) is 14.9. The van der Waals surface area contributed by atoms with Gasteiger partial charge in [-0.25, -0.2) is 0 Å². The number of fused-ring (bicyclic) bond motifs is 15. The highest BCUT2D eigenvalue weighted by molar-refractivity contribution is 6.26. The second kappa shape index (κ2) is 11.8. The topological polar surface area (TPSA) is 9.86 Å². The van der Waals surface area contributed by atoms with E-state index in [1.54, 1.807) is 0 Å². The van der Waals surface area contributed by atoms with Crippen LogP contribution >= 0.6 is 0 Å². The zero-order chi connectivity index (χ0) is 39.0. The molecule has 0 N–H and O–H groups in total. The van der Waals surface area contributed by atoms with Gasteiger partial charge in [-0.1, -0.05) is 129 Å². The summed E-state index contributed by atoms with van der Waals surface area (Å²) in [7, 11) is 0. The van der Waals surface area contributed by atoms with Crippen molar-refractivity contribution >= 4 is 75.9 Å². The number of hydrogen-bond acceptors (Lipinski definition) is 0. The maximum Gasteiger partial charge on any atom is 0.0547 e. The molecule has 1 aliphatic carbocycles. The lowest BCUT2D eigenvalue weighted by Crippen LogP contribution is -2.15. The van der Waals surface area contributed by atoms with Crippen LogP contribution in [-0.2, 0) is 5.41 Å². The SMILES string of the molecule is CC1(C)c2cc3c4ccccc4c4ccccc4c3cc2-c2cc3c(cc21)c1cc(-c2ccc4c(c2)c2ccccc2n4-c2ccccc2)ccc1n3-c1ccccc1. The lowest BCUT2D eigenvalue weighted by molar-refractivity contribution is 0.662. The Labute approximate surface area is 341 Å². The molecular weight excluding hydrogens is 713 g/mol. The highest BCUT2D eigenvalue weighted by atomic mass is 15.0. The van der Waals surface area contributed by atoms with E-state index >= 15 is 0 Å². The van der Waals surface area contributed by atoms with Crippen LogP contribution in [0, 0.1) is 0 Å². The largest absolute Gasteiger partial charge is 0.309 e. The molecule has 0 amide bonds. The molecule has 10 aromatic carbocycles. The van der Waals surface area contributed by atoms with E-state index < -0.39 is 0 Å². The van der Waals surface area contributed by atoms with Gasteiger partial charge < -0.3 is 9.13 Å². The minimum atomic E-state index is -0.184. The van der Waals surface area contributed by atoms with Gasteiger partial charge in [0.1, 0.15) is 0 Å². The third-order valence-electron chi connectivity index (χ3n) is 13.5. The first-order valence-corrected chi connectivity index (χ1v) is 20.7. The van der Waals surface area contributed by atoms with Gasteiger partial charge in [0, 0.05) is 38.3 Å². The Bertz CT molecular complexity index is 3730. The van der Waals surface area contributed by atoms with Crippen LogP contribution < -0.4 is 0 Å². The predicted molar refractivity (Wildman–Crippen MR) is 251 cm³/mol. The number of benzene rings is 10. The van der Waals surface area contributed by atoms with Crippen LogP contribution in [-0.4, -0.2) is 9.13 Å². The van der Waals surface area contributed by atoms with Crippen molar-refractivity contribution in [3.05, 3.63) is 205 Å². The Morgan fingerprint density at radius 2 is 0.678 bits per heavy atom. The minimum Gasteiger partial charge on any atom is -0.309 e. The van der Waals surface area contributed by atoms with Crippen molar-refractivity contribution in [2.75, 3.05) is 0 Å². The van der Waals surface area contributed by atoms with E-state index in [0.717, 1.165) is 0 Å². The van der Waals surface area contributed by atoms with E-state index in [4.69, 9.17) is 0 Å². The fraction of sp³-hybridized carbons (Fsp3) is 0.0526. The molecule has 12 aromatic rings. The van der Waals surface area contributed by atoms with Gasteiger partial charge in [0.05, 0.1) is 22.1 Å². The minimum absolute atomic E-state index is 0.184. The maximum atomic E-state index is 2.52. The molecule has 0 unspecified atom stereocenters. The van der Waals surface area contributed by atoms with Crippen LogP contribution in [0.5, 0.6) is 0 Å². The van der Waals surface area contributed by atoms with Crippen molar-refractivity contribution in [1.29, 1.82) is 0 Å². The molecule has 2 heteroatoms. The third kappa shape index (κ3) is 4.46. The average molecular weight is 751 g/mol. The number of hydrogen-bond donors (Lipinski definition) is 0. The van der Waals surface area contributed by atoms with Crippen molar-refractivity contribution in [1.82, 2.24) is 9.13 Å². The first-order valence-electron chi connectivity index (χ1n) is 20.7. The van der Waals surface area contributed by atoms with E-state index in [9.17, 15) is 0 Å². The molecule has 276 valence electrons. The normalized spacial score (nSPS) is 13.4. The van der Waals surface area contributed by atoms with Crippen molar-refractivity contribution < 1.29 is 0 Å². The first kappa shape index (κ1) is 32.6. The molecule has 0 saturated carbocycles. The van der Waals surface area contributed by atoms with E-state index in [1.807, 2.05) is 0 Å². The van der Waals surface area contributed by atoms with Gasteiger partial charge >= 0.3 is 0 Å². The van der Waals surface area contributed by atoms with Crippen molar-refractivity contribution in [2.45, 2.75) is 19.3 Å². The van der Waals surface area contributed by atoms with Crippen LogP contribution in [0.25, 0.3) is 110 Å². The monoisotopic (exact) mass is 750 g/mol. The number of rotatable bonds is 3. The second-order valence-corrected chi connectivity index (χ2v) is 16.9. The Hall–Kier alpha value is -7.42. The standard InChI is InChI=1S/C57H38N2/c1-57(2)51-32-45-42-22-12-10-20-40(42)39-19-9-11-21-41(39)44(45)31-46(51)47-34-56-50(33-52(47)57)49-30-36(26-28-55(49)59(56)38-17-7-4-8-18-38)35-25-27-54-48(29-35)43-23-13-14-24-53(43)58(54)37-15-5-3-6-16-37/h3-34H,1-2H3. The van der Waals surface area contributed by atoms with Gasteiger partial charge in [-0.15, -0.1) is 0 Å². The van der Waals surface area contributed by atoms with Crippen LogP contribution in [0.2, 0.25) is 0 Å². The fourth-order valence-corrected chi connectivity index (χ4v) is 10.7. The molecule has 2 heterocycles. The van der Waals surface area contributed by atoms with Gasteiger partial charge in [0.2, 0.25) is 0 Å². The molecule has 59 heavy (non-hydrogen) atoms. The number of nitrogens with zero attached hydrogens (tertiary/aromatic N) is 2. The summed E-state index contributed by atoms with van der Waals surface area (Å²) in [6, 6.07) is 72.3. The van der Waals surface area contributed by atoms with Crippen LogP contribution in [0.1, 0.15) is 25.0 Å². The molecule has 2 aromatic heterocycles. The smallest absolute Gasteiger partial charge is 0.0547 e. The summed E-state index contributed by atoms with van der Waals surface area (Å²) in [5, 5.41) is 13.0. The summed E-state index contributed by atoms with van der Waals surface area (Å²) in [4.78, 5) is 0. The van der Waals surface area contributed by atoms with E-state index in [0.29, 0.717) is 0 Å². The van der Waals surface area contributed by atoms with Gasteiger partial charge in [-0.2, -0.15) is 0 Å². The Balaban J connectivity index is 1.06. The van der Waals surface area contributed by atoms with Crippen molar-refractivity contribution in [3.63, 3.8) is 0 Å². The summed E-state index contributed by atoms with van der Waals surface area (Å²) >= 11 is 0. The first-order chi connectivity index (χ1) is 29.0. The molecule has 0 fully saturated rings. The summed E-state index contributed by atoms with van der Waals surface area (Å²) in [6.45, 7) is 4.84. The predicted octanol–water partition coefficient (Wildman–Crippen LogP) is 15.3. The Kier molecular flexibility index (Phi) is 6.54. The van der Waals surface area contributed by atoms with Gasteiger partial charge in [-0.05, 0) is 145 Å². The Morgan fingerprint density at radius 3 is 1.25 bits per heavy atom. The van der Waals surface area contributed by atoms with Crippen molar-refractivity contribution in [3.8, 4) is 33.6 Å². The van der Waals surface area contributed by atoms with Gasteiger partial charge in [-0.3, -0.25) is 0 Å². The molecule has 0 radical (unpaired) electrons. The zero-order valence-electron chi connectivity index (χ0n) is 32.9. The van der Waals surface area contributed by atoms with Crippen molar-refractivity contribution in [2.24, 2.45) is 0 Å². The molecule has 0 atom stereocenters. The Morgan fingerprint density at radius 1 is 0.288 bits per heavy atom. The van der Waals surface area contributed by atoms with Crippen LogP contribution in [0.3, 0.4) is 0 Å². The number of aromatic nitrogens is 2. The second-order valence-electron chi connectivity index (χ2n) is 16.9. The zero-order valence-corrected chi connectivity index (χ0v) is 32.9. The molecule has 2 nitrogen and oxygen atoms in total. The maximum absolute atomic E-state index is 2.52. The van der Waals surface area contributed by atoms with Gasteiger partial charge in [0.25, 0.3) is 0 Å². The van der Waals surface area contributed by atoms with E-state index in [1.165, 1.54) is 121 Å². The van der Waals surface area contributed by atoms with Gasteiger partial charge in [0.15, 0.2) is 0 Å². The molecule has 0 saturated heterocycles. The highest BCUT2D eigenvalue weighted by Gasteiger charge is 2.37. The molecule has 13 rings (SSSR count). The lowest BCUT2D eigenvalue weighted by atomic mass is 9.81. The third-order valence-corrected chi connectivity index (χ3v) is 13.5. The quantitative estimate of drug-likeness (QED) is 0.159. The van der Waals surface area contributed by atoms with E-state index in [-0.39, 0.29) is 5.41 Å². The fourth-order valence-electron chi connectivity index (χ4n) is 10.7. The number of para-hydroxylation sites is 3. The molecule has 1 aliphatic rings. The molecule has 0 bridgehead atoms. The van der Waals surface area contributed by atoms with E-state index in [2.05, 4.69) is 217 Å².